The maximum atomic E-state index is 12.3. The van der Waals surface area contributed by atoms with E-state index in [1.165, 1.54) is 17.0 Å². The highest BCUT2D eigenvalue weighted by atomic mass is 16.5. The fraction of sp³-hybridized carbons (Fsp3) is 0.167. The number of anilines is 1. The molecule has 0 saturated carbocycles. The van der Waals surface area contributed by atoms with E-state index in [1.54, 1.807) is 36.4 Å². The second-order valence-electron chi connectivity index (χ2n) is 4.88. The number of nitrogens with zero attached hydrogens (tertiary/aromatic N) is 2. The van der Waals surface area contributed by atoms with Gasteiger partial charge in [0.05, 0.1) is 12.5 Å². The highest BCUT2D eigenvalue weighted by molar-refractivity contribution is 5.98. The van der Waals surface area contributed by atoms with Gasteiger partial charge in [-0.3, -0.25) is 4.79 Å². The molecule has 1 N–H and O–H groups in total. The van der Waals surface area contributed by atoms with Gasteiger partial charge in [-0.15, -0.1) is 0 Å². The summed E-state index contributed by atoms with van der Waals surface area (Å²) < 4.78 is 4.98. The lowest BCUT2D eigenvalue weighted by atomic mass is 10.2. The van der Waals surface area contributed by atoms with Gasteiger partial charge in [0, 0.05) is 12.2 Å². The van der Waals surface area contributed by atoms with Crippen LogP contribution in [0.4, 0.5) is 5.69 Å². The Morgan fingerprint density at radius 2 is 1.75 bits per heavy atom. The molecule has 2 rings (SSSR count). The van der Waals surface area contributed by atoms with Gasteiger partial charge in [0.25, 0.3) is 5.91 Å². The van der Waals surface area contributed by atoms with Crippen LogP contribution in [0, 0.1) is 11.3 Å². The highest BCUT2D eigenvalue weighted by Gasteiger charge is 2.19. The number of carbonyl (C=O) groups is 2. The zero-order valence-corrected chi connectivity index (χ0v) is 12.9. The van der Waals surface area contributed by atoms with Crippen LogP contribution in [0.3, 0.4) is 0 Å². The number of phenols is 1. The van der Waals surface area contributed by atoms with E-state index in [-0.39, 0.29) is 24.3 Å². The molecule has 6 nitrogen and oxygen atoms in total. The first-order chi connectivity index (χ1) is 11.6. The second-order valence-corrected chi connectivity index (χ2v) is 4.88. The minimum absolute atomic E-state index is 0.00594. The topological polar surface area (TPSA) is 90.6 Å². The molecule has 2 aromatic carbocycles. The molecule has 2 aromatic rings. The van der Waals surface area contributed by atoms with Crippen molar-refractivity contribution in [2.45, 2.75) is 6.42 Å². The summed E-state index contributed by atoms with van der Waals surface area (Å²) in [6.45, 7) is -0.277. The Kier molecular flexibility index (Phi) is 5.92. The molecule has 0 atom stereocenters. The van der Waals surface area contributed by atoms with Gasteiger partial charge in [-0.25, -0.2) is 4.79 Å². The highest BCUT2D eigenvalue weighted by Crippen LogP contribution is 2.17. The molecule has 0 fully saturated rings. The van der Waals surface area contributed by atoms with Gasteiger partial charge in [0.1, 0.15) is 11.3 Å². The molecule has 0 saturated heterocycles. The fourth-order valence-corrected chi connectivity index (χ4v) is 2.10. The van der Waals surface area contributed by atoms with Gasteiger partial charge in [-0.05, 0) is 24.3 Å². The number of para-hydroxylation sites is 2. The number of nitriles is 1. The minimum Gasteiger partial charge on any atom is -0.507 e. The Labute approximate surface area is 139 Å². The van der Waals surface area contributed by atoms with Crippen LogP contribution in [0.2, 0.25) is 0 Å². The van der Waals surface area contributed by atoms with Gasteiger partial charge >= 0.3 is 5.97 Å². The Morgan fingerprint density at radius 1 is 1.08 bits per heavy atom. The van der Waals surface area contributed by atoms with E-state index in [9.17, 15) is 14.7 Å². The van der Waals surface area contributed by atoms with Crippen LogP contribution in [0.15, 0.2) is 54.6 Å². The van der Waals surface area contributed by atoms with Crippen molar-refractivity contribution in [3.05, 3.63) is 60.2 Å². The summed E-state index contributed by atoms with van der Waals surface area (Å²) in [6, 6.07) is 16.8. The molecule has 6 heteroatoms. The Hall–Kier alpha value is -3.33. The minimum atomic E-state index is -0.783. The van der Waals surface area contributed by atoms with E-state index >= 15 is 0 Å². The van der Waals surface area contributed by atoms with Crippen LogP contribution in [0.25, 0.3) is 0 Å². The lowest BCUT2D eigenvalue weighted by molar-refractivity contribution is -0.121. The predicted octanol–water partition coefficient (Wildman–Crippen LogP) is 2.50. The molecule has 0 aliphatic heterocycles. The van der Waals surface area contributed by atoms with Crippen LogP contribution < -0.4 is 4.90 Å². The van der Waals surface area contributed by atoms with Gasteiger partial charge in [0.15, 0.2) is 6.61 Å². The van der Waals surface area contributed by atoms with Crippen molar-refractivity contribution in [3.8, 4) is 11.8 Å². The molecule has 0 radical (unpaired) electrons. The molecule has 0 unspecified atom stereocenters. The average Bonchev–Trinajstić information content (AvgIpc) is 2.61. The van der Waals surface area contributed by atoms with Crippen molar-refractivity contribution in [1.29, 1.82) is 5.26 Å². The molecular formula is C18H16N2O4. The quantitative estimate of drug-likeness (QED) is 0.824. The average molecular weight is 324 g/mol. The van der Waals surface area contributed by atoms with Crippen molar-refractivity contribution >= 4 is 17.6 Å². The number of ether oxygens (including phenoxy) is 1. The van der Waals surface area contributed by atoms with E-state index in [0.717, 1.165) is 0 Å². The summed E-state index contributed by atoms with van der Waals surface area (Å²) in [5.41, 5.74) is 0.616. The van der Waals surface area contributed by atoms with Crippen LogP contribution in [0.5, 0.6) is 5.75 Å². The SMILES string of the molecule is N#CCCN(C(=O)COC(=O)c1ccccc1O)c1ccccc1. The fourth-order valence-electron chi connectivity index (χ4n) is 2.10. The van der Waals surface area contributed by atoms with Crippen molar-refractivity contribution in [1.82, 2.24) is 0 Å². The number of rotatable bonds is 6. The first-order valence-electron chi connectivity index (χ1n) is 7.31. The summed E-state index contributed by atoms with van der Waals surface area (Å²) in [5.74, 6) is -1.44. The van der Waals surface area contributed by atoms with Crippen molar-refractivity contribution in [3.63, 3.8) is 0 Å². The molecular weight excluding hydrogens is 308 g/mol. The van der Waals surface area contributed by atoms with E-state index in [1.807, 2.05) is 12.1 Å². The summed E-state index contributed by atoms with van der Waals surface area (Å²) in [7, 11) is 0. The summed E-state index contributed by atoms with van der Waals surface area (Å²) >= 11 is 0. The third-order valence-electron chi connectivity index (χ3n) is 3.27. The zero-order valence-electron chi connectivity index (χ0n) is 12.9. The molecule has 0 aliphatic rings. The number of benzene rings is 2. The zero-order chi connectivity index (χ0) is 17.4. The van der Waals surface area contributed by atoms with E-state index in [4.69, 9.17) is 10.00 Å². The predicted molar refractivity (Wildman–Crippen MR) is 87.4 cm³/mol. The Balaban J connectivity index is 2.04. The van der Waals surface area contributed by atoms with Crippen molar-refractivity contribution in [2.75, 3.05) is 18.1 Å². The second kappa shape index (κ2) is 8.34. The largest absolute Gasteiger partial charge is 0.507 e. The number of amides is 1. The number of esters is 1. The maximum absolute atomic E-state index is 12.3. The van der Waals surface area contributed by atoms with Gasteiger partial charge in [-0.1, -0.05) is 30.3 Å². The van der Waals surface area contributed by atoms with Crippen molar-refractivity contribution < 1.29 is 19.4 Å². The molecule has 1 amide bonds. The number of hydrogen-bond acceptors (Lipinski definition) is 5. The number of hydrogen-bond donors (Lipinski definition) is 1. The maximum Gasteiger partial charge on any atom is 0.342 e. The summed E-state index contributed by atoms with van der Waals surface area (Å²) in [6.07, 6.45) is 0.161. The van der Waals surface area contributed by atoms with Crippen LogP contribution >= 0.6 is 0 Å². The smallest absolute Gasteiger partial charge is 0.342 e. The molecule has 0 aromatic heterocycles. The normalized spacial score (nSPS) is 9.79. The first kappa shape index (κ1) is 17.0. The molecule has 24 heavy (non-hydrogen) atoms. The Morgan fingerprint density at radius 3 is 2.42 bits per heavy atom. The van der Waals surface area contributed by atoms with Crippen molar-refractivity contribution in [2.24, 2.45) is 0 Å². The van der Waals surface area contributed by atoms with Crippen LogP contribution in [-0.4, -0.2) is 30.1 Å². The number of phenolic OH excluding ortho intramolecular Hbond substituents is 1. The molecule has 0 aliphatic carbocycles. The number of carbonyl (C=O) groups excluding carboxylic acids is 2. The summed E-state index contributed by atoms with van der Waals surface area (Å²) in [5, 5.41) is 18.4. The lowest BCUT2D eigenvalue weighted by Crippen LogP contribution is -2.35. The van der Waals surface area contributed by atoms with Gasteiger partial charge in [-0.2, -0.15) is 5.26 Å². The summed E-state index contributed by atoms with van der Waals surface area (Å²) in [4.78, 5) is 25.7. The molecule has 0 heterocycles. The van der Waals surface area contributed by atoms with E-state index < -0.39 is 18.5 Å². The third kappa shape index (κ3) is 4.34. The molecule has 0 bridgehead atoms. The lowest BCUT2D eigenvalue weighted by Gasteiger charge is -2.21. The van der Waals surface area contributed by atoms with Crippen LogP contribution in [0.1, 0.15) is 16.8 Å². The Bertz CT molecular complexity index is 753. The third-order valence-corrected chi connectivity index (χ3v) is 3.27. The molecule has 122 valence electrons. The number of aromatic hydroxyl groups is 1. The first-order valence-corrected chi connectivity index (χ1v) is 7.31. The standard InChI is InChI=1S/C18H16N2O4/c19-11-6-12-20(14-7-2-1-3-8-14)17(22)13-24-18(23)15-9-4-5-10-16(15)21/h1-5,7-10,21H,6,12-13H2. The van der Waals surface area contributed by atoms with Gasteiger partial charge in [0.2, 0.25) is 0 Å². The van der Waals surface area contributed by atoms with E-state index in [2.05, 4.69) is 0 Å². The monoisotopic (exact) mass is 324 g/mol. The van der Waals surface area contributed by atoms with Gasteiger partial charge < -0.3 is 14.7 Å². The van der Waals surface area contributed by atoms with Crippen LogP contribution in [-0.2, 0) is 9.53 Å². The molecule has 0 spiro atoms. The van der Waals surface area contributed by atoms with E-state index in [0.29, 0.717) is 5.69 Å².